The number of rotatable bonds is 5. The van der Waals surface area contributed by atoms with Crippen molar-refractivity contribution in [3.8, 4) is 0 Å². The van der Waals surface area contributed by atoms with Crippen LogP contribution >= 0.6 is 0 Å². The van der Waals surface area contributed by atoms with E-state index < -0.39 is 0 Å². The molecule has 0 aliphatic carbocycles. The average molecular weight is 325 g/mol. The zero-order chi connectivity index (χ0) is 16.8. The van der Waals surface area contributed by atoms with Crippen LogP contribution in [0.15, 0.2) is 36.9 Å². The molecule has 0 radical (unpaired) electrons. The number of aromatic nitrogens is 3. The zero-order valence-corrected chi connectivity index (χ0v) is 14.1. The topological polar surface area (TPSA) is 62.2 Å². The number of amides is 1. The molecular weight excluding hydrogens is 302 g/mol. The number of hydrogen-bond acceptors (Lipinski definition) is 5. The van der Waals surface area contributed by atoms with E-state index in [0.717, 1.165) is 25.3 Å². The van der Waals surface area contributed by atoms with Crippen LogP contribution in [-0.4, -0.2) is 52.4 Å². The quantitative estimate of drug-likeness (QED) is 0.843. The van der Waals surface area contributed by atoms with Crippen molar-refractivity contribution in [3.05, 3.63) is 48.2 Å². The Labute approximate surface area is 142 Å². The van der Waals surface area contributed by atoms with E-state index in [1.165, 1.54) is 31.2 Å². The molecule has 24 heavy (non-hydrogen) atoms. The van der Waals surface area contributed by atoms with Crippen LogP contribution in [0.25, 0.3) is 0 Å². The summed E-state index contributed by atoms with van der Waals surface area (Å²) in [7, 11) is 1.81. The van der Waals surface area contributed by atoms with Crippen molar-refractivity contribution in [2.75, 3.05) is 31.6 Å². The van der Waals surface area contributed by atoms with Crippen LogP contribution in [0.3, 0.4) is 0 Å². The first-order valence-electron chi connectivity index (χ1n) is 8.45. The summed E-state index contributed by atoms with van der Waals surface area (Å²) in [5.74, 6) is 0.792. The summed E-state index contributed by atoms with van der Waals surface area (Å²) in [5.41, 5.74) is 1.63. The van der Waals surface area contributed by atoms with E-state index >= 15 is 0 Å². The first kappa shape index (κ1) is 16.4. The molecule has 2 aromatic rings. The Bertz CT molecular complexity index is 670. The highest BCUT2D eigenvalue weighted by atomic mass is 16.2. The van der Waals surface area contributed by atoms with Crippen molar-refractivity contribution in [2.45, 2.75) is 25.7 Å². The van der Waals surface area contributed by atoms with Gasteiger partial charge in [0.25, 0.3) is 5.91 Å². The molecule has 3 rings (SSSR count). The molecule has 1 aliphatic heterocycles. The number of nitrogens with zero attached hydrogens (tertiary/aromatic N) is 5. The lowest BCUT2D eigenvalue weighted by Gasteiger charge is -2.27. The molecule has 0 spiro atoms. The number of likely N-dealkylation sites (N-methyl/N-ethyl adjacent to an activating group) is 1. The molecule has 0 bridgehead atoms. The Morgan fingerprint density at radius 1 is 1.17 bits per heavy atom. The van der Waals surface area contributed by atoms with Crippen LogP contribution in [0.1, 0.15) is 35.3 Å². The Kier molecular flexibility index (Phi) is 5.36. The number of anilines is 1. The van der Waals surface area contributed by atoms with Crippen LogP contribution < -0.4 is 4.90 Å². The number of carbonyl (C=O) groups excluding carboxylic acids is 1. The van der Waals surface area contributed by atoms with E-state index in [2.05, 4.69) is 19.9 Å². The number of pyridine rings is 1. The van der Waals surface area contributed by atoms with Crippen molar-refractivity contribution in [1.82, 2.24) is 19.9 Å². The molecule has 0 saturated carbocycles. The summed E-state index contributed by atoms with van der Waals surface area (Å²) in [6, 6.07) is 5.76. The maximum atomic E-state index is 12.6. The minimum Gasteiger partial charge on any atom is -0.357 e. The van der Waals surface area contributed by atoms with Gasteiger partial charge in [-0.15, -0.1) is 0 Å². The Balaban J connectivity index is 1.63. The lowest BCUT2D eigenvalue weighted by Crippen LogP contribution is -2.32. The highest BCUT2D eigenvalue weighted by Gasteiger charge is 2.17. The number of hydrogen-bond donors (Lipinski definition) is 0. The third-order valence-electron chi connectivity index (χ3n) is 4.38. The molecular formula is C18H23N5O. The summed E-state index contributed by atoms with van der Waals surface area (Å²) in [5, 5.41) is 0. The highest BCUT2D eigenvalue weighted by molar-refractivity contribution is 5.92. The van der Waals surface area contributed by atoms with Crippen LogP contribution in [0.5, 0.6) is 0 Å². The number of carbonyl (C=O) groups is 1. The SMILES string of the molecule is CN(CCc1ccncc1)C(=O)c1cc(N2CCCCC2)ncn1. The minimum absolute atomic E-state index is 0.0651. The third kappa shape index (κ3) is 4.07. The van der Waals surface area contributed by atoms with E-state index in [1.807, 2.05) is 25.2 Å². The van der Waals surface area contributed by atoms with Gasteiger partial charge in [-0.3, -0.25) is 9.78 Å². The molecule has 0 unspecified atom stereocenters. The third-order valence-corrected chi connectivity index (χ3v) is 4.38. The van der Waals surface area contributed by atoms with E-state index in [-0.39, 0.29) is 5.91 Å². The summed E-state index contributed by atoms with van der Waals surface area (Å²) < 4.78 is 0. The monoisotopic (exact) mass is 325 g/mol. The van der Waals surface area contributed by atoms with Crippen molar-refractivity contribution >= 4 is 11.7 Å². The van der Waals surface area contributed by atoms with Gasteiger partial charge in [-0.1, -0.05) is 0 Å². The van der Waals surface area contributed by atoms with Crippen LogP contribution in [-0.2, 0) is 6.42 Å². The fourth-order valence-electron chi connectivity index (χ4n) is 2.90. The van der Waals surface area contributed by atoms with Crippen molar-refractivity contribution < 1.29 is 4.79 Å². The lowest BCUT2D eigenvalue weighted by molar-refractivity contribution is 0.0790. The molecule has 1 fully saturated rings. The van der Waals surface area contributed by atoms with Crippen LogP contribution in [0.2, 0.25) is 0 Å². The summed E-state index contributed by atoms with van der Waals surface area (Å²) >= 11 is 0. The number of piperidine rings is 1. The maximum Gasteiger partial charge on any atom is 0.272 e. The van der Waals surface area contributed by atoms with Gasteiger partial charge in [0.05, 0.1) is 0 Å². The second-order valence-electron chi connectivity index (χ2n) is 6.14. The van der Waals surface area contributed by atoms with E-state index in [1.54, 1.807) is 17.3 Å². The molecule has 0 N–H and O–H groups in total. The molecule has 6 nitrogen and oxygen atoms in total. The first-order chi connectivity index (χ1) is 11.7. The summed E-state index contributed by atoms with van der Waals surface area (Å²) in [6.07, 6.45) is 9.46. The zero-order valence-electron chi connectivity index (χ0n) is 14.1. The molecule has 1 saturated heterocycles. The molecule has 0 aromatic carbocycles. The van der Waals surface area contributed by atoms with Crippen molar-refractivity contribution in [1.29, 1.82) is 0 Å². The largest absolute Gasteiger partial charge is 0.357 e. The van der Waals surface area contributed by atoms with Crippen LogP contribution in [0, 0.1) is 0 Å². The normalized spacial score (nSPS) is 14.5. The second kappa shape index (κ2) is 7.86. The lowest BCUT2D eigenvalue weighted by atomic mass is 10.1. The molecule has 1 amide bonds. The Morgan fingerprint density at radius 3 is 2.67 bits per heavy atom. The second-order valence-corrected chi connectivity index (χ2v) is 6.14. The van der Waals surface area contributed by atoms with Crippen molar-refractivity contribution in [3.63, 3.8) is 0 Å². The smallest absolute Gasteiger partial charge is 0.272 e. The van der Waals surface area contributed by atoms with Gasteiger partial charge in [0.2, 0.25) is 0 Å². The molecule has 1 aliphatic rings. The van der Waals surface area contributed by atoms with Gasteiger partial charge in [-0.05, 0) is 43.4 Å². The van der Waals surface area contributed by atoms with Gasteiger partial charge >= 0.3 is 0 Å². The average Bonchev–Trinajstić information content (AvgIpc) is 2.67. The molecule has 2 aromatic heterocycles. The maximum absolute atomic E-state index is 12.6. The predicted molar refractivity (Wildman–Crippen MR) is 93.0 cm³/mol. The predicted octanol–water partition coefficient (Wildman–Crippen LogP) is 2.18. The standard InChI is InChI=1S/C18H23N5O/c1-22(12-7-15-5-8-19-9-6-15)18(24)16-13-17(21-14-20-16)23-10-3-2-4-11-23/h5-6,8-9,13-14H,2-4,7,10-12H2,1H3. The molecule has 6 heteroatoms. The first-order valence-corrected chi connectivity index (χ1v) is 8.45. The van der Waals surface area contributed by atoms with E-state index in [9.17, 15) is 4.79 Å². The van der Waals surface area contributed by atoms with Gasteiger partial charge in [0.15, 0.2) is 0 Å². The van der Waals surface area contributed by atoms with Gasteiger partial charge in [0.1, 0.15) is 17.8 Å². The fourth-order valence-corrected chi connectivity index (χ4v) is 2.90. The minimum atomic E-state index is -0.0651. The van der Waals surface area contributed by atoms with Gasteiger partial charge < -0.3 is 9.80 Å². The van der Waals surface area contributed by atoms with Gasteiger partial charge in [-0.25, -0.2) is 9.97 Å². The van der Waals surface area contributed by atoms with E-state index in [0.29, 0.717) is 12.2 Å². The van der Waals surface area contributed by atoms with Crippen molar-refractivity contribution in [2.24, 2.45) is 0 Å². The Hall–Kier alpha value is -2.50. The summed E-state index contributed by atoms with van der Waals surface area (Å²) in [4.78, 5) is 29.1. The summed E-state index contributed by atoms with van der Waals surface area (Å²) in [6.45, 7) is 2.65. The van der Waals surface area contributed by atoms with E-state index in [4.69, 9.17) is 0 Å². The van der Waals surface area contributed by atoms with Gasteiger partial charge in [0, 0.05) is 45.1 Å². The molecule has 126 valence electrons. The van der Waals surface area contributed by atoms with Gasteiger partial charge in [-0.2, -0.15) is 0 Å². The fraction of sp³-hybridized carbons (Fsp3) is 0.444. The molecule has 3 heterocycles. The Morgan fingerprint density at radius 2 is 1.92 bits per heavy atom. The molecule has 0 atom stereocenters. The van der Waals surface area contributed by atoms with Crippen LogP contribution in [0.4, 0.5) is 5.82 Å². The highest BCUT2D eigenvalue weighted by Crippen LogP contribution is 2.18.